The van der Waals surface area contributed by atoms with Crippen molar-refractivity contribution in [2.75, 3.05) is 0 Å². The highest BCUT2D eigenvalue weighted by molar-refractivity contribution is 9.11. The van der Waals surface area contributed by atoms with Crippen molar-refractivity contribution >= 4 is 22.0 Å². The Morgan fingerprint density at radius 1 is 1.08 bits per heavy atom. The smallest absolute Gasteiger partial charge is 0.195 e. The summed E-state index contributed by atoms with van der Waals surface area (Å²) < 4.78 is 37.6. The zero-order valence-corrected chi connectivity index (χ0v) is 7.41. The fraction of sp³-hybridized carbons (Fsp3) is 0. The molecule has 1 rings (SSSR count). The summed E-state index contributed by atoms with van der Waals surface area (Å²) in [5.74, 6) is -3.80. The lowest BCUT2D eigenvalue weighted by Crippen LogP contribution is -1.92. The third kappa shape index (κ3) is 1.69. The lowest BCUT2D eigenvalue weighted by atomic mass is 10.2. The normalized spacial score (nSPS) is 11.0. The molecule has 0 aliphatic heterocycles. The summed E-state index contributed by atoms with van der Waals surface area (Å²) in [5, 5.41) is 0. The molecule has 4 heteroatoms. The van der Waals surface area contributed by atoms with Crippen LogP contribution in [0.25, 0.3) is 6.08 Å². The van der Waals surface area contributed by atoms with Crippen molar-refractivity contribution < 1.29 is 13.2 Å². The molecule has 1 aromatic rings. The van der Waals surface area contributed by atoms with Gasteiger partial charge >= 0.3 is 0 Å². The van der Waals surface area contributed by atoms with Gasteiger partial charge in [-0.3, -0.25) is 0 Å². The van der Waals surface area contributed by atoms with Crippen molar-refractivity contribution in [2.45, 2.75) is 0 Å². The van der Waals surface area contributed by atoms with Crippen molar-refractivity contribution in [1.82, 2.24) is 0 Å². The van der Waals surface area contributed by atoms with Crippen LogP contribution < -0.4 is 0 Å². The van der Waals surface area contributed by atoms with Crippen LogP contribution in [0.15, 0.2) is 17.1 Å². The maximum absolute atomic E-state index is 12.8. The van der Waals surface area contributed by atoms with Gasteiger partial charge in [0.05, 0.1) is 0 Å². The van der Waals surface area contributed by atoms with Crippen LogP contribution in [0, 0.1) is 17.5 Å². The third-order valence-electron chi connectivity index (χ3n) is 1.31. The SMILES string of the molecule is Fc1ccc(/C=C/Br)c(F)c1F. The summed E-state index contributed by atoms with van der Waals surface area (Å²) in [7, 11) is 0. The van der Waals surface area contributed by atoms with E-state index in [1.807, 2.05) is 0 Å². The van der Waals surface area contributed by atoms with Gasteiger partial charge in [0.15, 0.2) is 17.5 Å². The molecule has 0 aliphatic carbocycles. The average molecular weight is 237 g/mol. The summed E-state index contributed by atoms with van der Waals surface area (Å²) in [6.07, 6.45) is 1.29. The van der Waals surface area contributed by atoms with E-state index < -0.39 is 17.5 Å². The largest absolute Gasteiger partial charge is 0.204 e. The maximum Gasteiger partial charge on any atom is 0.195 e. The van der Waals surface area contributed by atoms with Crippen molar-refractivity contribution in [3.05, 3.63) is 40.1 Å². The quantitative estimate of drug-likeness (QED) is 0.656. The van der Waals surface area contributed by atoms with E-state index >= 15 is 0 Å². The van der Waals surface area contributed by atoms with Crippen molar-refractivity contribution in [1.29, 1.82) is 0 Å². The van der Waals surface area contributed by atoms with Crippen molar-refractivity contribution in [3.8, 4) is 0 Å². The van der Waals surface area contributed by atoms with Crippen LogP contribution in [0.5, 0.6) is 0 Å². The monoisotopic (exact) mass is 236 g/mol. The van der Waals surface area contributed by atoms with E-state index in [-0.39, 0.29) is 5.56 Å². The Labute approximate surface area is 75.8 Å². The minimum Gasteiger partial charge on any atom is -0.204 e. The predicted molar refractivity (Wildman–Crippen MR) is 44.3 cm³/mol. The first kappa shape index (κ1) is 9.32. The highest BCUT2D eigenvalue weighted by atomic mass is 79.9. The maximum atomic E-state index is 12.8. The molecule has 0 N–H and O–H groups in total. The molecule has 0 fully saturated rings. The van der Waals surface area contributed by atoms with Gasteiger partial charge in [0.25, 0.3) is 0 Å². The van der Waals surface area contributed by atoms with E-state index in [0.29, 0.717) is 0 Å². The minimum atomic E-state index is -1.45. The van der Waals surface area contributed by atoms with E-state index in [2.05, 4.69) is 15.9 Å². The molecule has 1 aromatic carbocycles. The first-order chi connectivity index (χ1) is 5.66. The molecule has 0 bridgehead atoms. The second kappa shape index (κ2) is 3.76. The molecule has 0 aromatic heterocycles. The van der Waals surface area contributed by atoms with E-state index in [0.717, 1.165) is 12.1 Å². The Morgan fingerprint density at radius 2 is 1.75 bits per heavy atom. The Hall–Kier alpha value is -0.770. The summed E-state index contributed by atoms with van der Waals surface area (Å²) in [4.78, 5) is 1.36. The fourth-order valence-corrected chi connectivity index (χ4v) is 1.02. The lowest BCUT2D eigenvalue weighted by molar-refractivity contribution is 0.446. The fourth-order valence-electron chi connectivity index (χ4n) is 0.737. The Bertz CT molecular complexity index is 320. The Morgan fingerprint density at radius 3 is 2.33 bits per heavy atom. The van der Waals surface area contributed by atoms with Crippen molar-refractivity contribution in [2.24, 2.45) is 0 Å². The van der Waals surface area contributed by atoms with Crippen LogP contribution in [0.3, 0.4) is 0 Å². The van der Waals surface area contributed by atoms with Gasteiger partial charge in [-0.2, -0.15) is 0 Å². The molecule has 0 spiro atoms. The molecule has 64 valence electrons. The highest BCUT2D eigenvalue weighted by Crippen LogP contribution is 2.16. The third-order valence-corrected chi connectivity index (χ3v) is 1.57. The first-order valence-electron chi connectivity index (χ1n) is 3.07. The molecular weight excluding hydrogens is 233 g/mol. The van der Waals surface area contributed by atoms with E-state index in [1.54, 1.807) is 0 Å². The van der Waals surface area contributed by atoms with Gasteiger partial charge in [0.2, 0.25) is 0 Å². The molecule has 0 saturated carbocycles. The van der Waals surface area contributed by atoms with Crippen molar-refractivity contribution in [3.63, 3.8) is 0 Å². The van der Waals surface area contributed by atoms with Gasteiger partial charge in [0.1, 0.15) is 0 Å². The summed E-state index contributed by atoms with van der Waals surface area (Å²) >= 11 is 2.90. The Kier molecular flexibility index (Phi) is 2.92. The number of hydrogen-bond acceptors (Lipinski definition) is 0. The number of hydrogen-bond donors (Lipinski definition) is 0. The van der Waals surface area contributed by atoms with Gasteiger partial charge in [-0.25, -0.2) is 13.2 Å². The number of halogens is 4. The van der Waals surface area contributed by atoms with Crippen LogP contribution in [0.1, 0.15) is 5.56 Å². The second-order valence-electron chi connectivity index (χ2n) is 2.06. The number of rotatable bonds is 1. The molecule has 0 saturated heterocycles. The van der Waals surface area contributed by atoms with Crippen LogP contribution in [-0.4, -0.2) is 0 Å². The van der Waals surface area contributed by atoms with Gasteiger partial charge in [0, 0.05) is 5.56 Å². The molecule has 0 nitrogen and oxygen atoms in total. The van der Waals surface area contributed by atoms with Gasteiger partial charge in [-0.05, 0) is 23.2 Å². The molecule has 12 heavy (non-hydrogen) atoms. The first-order valence-corrected chi connectivity index (χ1v) is 3.98. The van der Waals surface area contributed by atoms with Crippen LogP contribution in [0.4, 0.5) is 13.2 Å². The number of benzene rings is 1. The van der Waals surface area contributed by atoms with E-state index in [4.69, 9.17) is 0 Å². The second-order valence-corrected chi connectivity index (χ2v) is 2.59. The van der Waals surface area contributed by atoms with E-state index in [1.165, 1.54) is 11.1 Å². The molecule has 0 unspecified atom stereocenters. The van der Waals surface area contributed by atoms with E-state index in [9.17, 15) is 13.2 Å². The molecule has 0 amide bonds. The van der Waals surface area contributed by atoms with Gasteiger partial charge in [-0.15, -0.1) is 0 Å². The van der Waals surface area contributed by atoms with Crippen LogP contribution in [-0.2, 0) is 0 Å². The Balaban J connectivity index is 3.26. The topological polar surface area (TPSA) is 0 Å². The minimum absolute atomic E-state index is 0.00535. The molecule has 0 heterocycles. The average Bonchev–Trinajstić information content (AvgIpc) is 2.07. The summed E-state index contributed by atoms with van der Waals surface area (Å²) in [6.45, 7) is 0. The van der Waals surface area contributed by atoms with Crippen LogP contribution in [0.2, 0.25) is 0 Å². The standard InChI is InChI=1S/C8H4BrF3/c9-4-3-5-1-2-6(10)8(12)7(5)11/h1-4H/b4-3+. The summed E-state index contributed by atoms with van der Waals surface area (Å²) in [6, 6.07) is 2.03. The van der Waals surface area contributed by atoms with Gasteiger partial charge in [-0.1, -0.05) is 15.9 Å². The molecular formula is C8H4BrF3. The molecule has 0 radical (unpaired) electrons. The predicted octanol–water partition coefficient (Wildman–Crippen LogP) is 3.47. The molecule has 0 atom stereocenters. The lowest BCUT2D eigenvalue weighted by Gasteiger charge is -1.97. The van der Waals surface area contributed by atoms with Crippen LogP contribution >= 0.6 is 15.9 Å². The zero-order chi connectivity index (χ0) is 9.14. The van der Waals surface area contributed by atoms with Gasteiger partial charge < -0.3 is 0 Å². The highest BCUT2D eigenvalue weighted by Gasteiger charge is 2.10. The summed E-state index contributed by atoms with van der Waals surface area (Å²) in [5.41, 5.74) is 0.00535. The zero-order valence-electron chi connectivity index (χ0n) is 5.82. The molecule has 0 aliphatic rings.